The van der Waals surface area contributed by atoms with Crippen LogP contribution in [-0.2, 0) is 4.79 Å². The van der Waals surface area contributed by atoms with Crippen LogP contribution in [0.25, 0.3) is 10.2 Å². The van der Waals surface area contributed by atoms with E-state index >= 15 is 0 Å². The fourth-order valence-electron chi connectivity index (χ4n) is 2.67. The molecule has 0 aliphatic carbocycles. The molecule has 0 saturated carbocycles. The molecule has 0 bridgehead atoms. The lowest BCUT2D eigenvalue weighted by atomic mass is 10.0. The van der Waals surface area contributed by atoms with E-state index < -0.39 is 0 Å². The summed E-state index contributed by atoms with van der Waals surface area (Å²) in [7, 11) is 0. The zero-order valence-electron chi connectivity index (χ0n) is 12.6. The van der Waals surface area contributed by atoms with Crippen LogP contribution >= 0.6 is 11.3 Å². The minimum Gasteiger partial charge on any atom is -0.355 e. The third kappa shape index (κ3) is 3.00. The van der Waals surface area contributed by atoms with E-state index in [1.54, 1.807) is 17.7 Å². The maximum Gasteiger partial charge on any atom is 0.225 e. The van der Waals surface area contributed by atoms with Crippen LogP contribution in [0.5, 0.6) is 0 Å². The van der Waals surface area contributed by atoms with Crippen molar-refractivity contribution < 1.29 is 4.79 Å². The Morgan fingerprint density at radius 2 is 2.24 bits per heavy atom. The van der Waals surface area contributed by atoms with Gasteiger partial charge in [0.1, 0.15) is 17.0 Å². The molecule has 1 unspecified atom stereocenters. The molecule has 112 valence electrons. The molecule has 1 fully saturated rings. The number of thiophene rings is 1. The highest BCUT2D eigenvalue weighted by Gasteiger charge is 2.31. The number of carbonyl (C=O) groups excluding carboxylic acids is 1. The van der Waals surface area contributed by atoms with E-state index in [2.05, 4.69) is 26.3 Å². The fraction of sp³-hybridized carbons (Fsp3) is 0.533. The largest absolute Gasteiger partial charge is 0.355 e. The summed E-state index contributed by atoms with van der Waals surface area (Å²) in [4.78, 5) is 24.2. The molecule has 3 rings (SSSR count). The first-order valence-corrected chi connectivity index (χ1v) is 8.07. The lowest BCUT2D eigenvalue weighted by Crippen LogP contribution is -2.44. The Hall–Kier alpha value is -1.69. The monoisotopic (exact) mass is 304 g/mol. The molecule has 1 amide bonds. The Kier molecular flexibility index (Phi) is 3.57. The van der Waals surface area contributed by atoms with Crippen LogP contribution < -0.4 is 10.2 Å². The summed E-state index contributed by atoms with van der Waals surface area (Å²) in [5, 5.41) is 6.18. The topological polar surface area (TPSA) is 58.1 Å². The second kappa shape index (κ2) is 5.26. The van der Waals surface area contributed by atoms with Crippen LogP contribution in [0.15, 0.2) is 17.8 Å². The molecule has 3 heterocycles. The van der Waals surface area contributed by atoms with E-state index in [-0.39, 0.29) is 17.4 Å². The maximum absolute atomic E-state index is 12.3. The lowest BCUT2D eigenvalue weighted by Gasteiger charge is -2.23. The van der Waals surface area contributed by atoms with Crippen LogP contribution in [0.1, 0.15) is 27.2 Å². The van der Waals surface area contributed by atoms with Crippen molar-refractivity contribution in [1.82, 2.24) is 15.3 Å². The number of fused-ring (bicyclic) bond motifs is 1. The van der Waals surface area contributed by atoms with Crippen molar-refractivity contribution in [3.63, 3.8) is 0 Å². The maximum atomic E-state index is 12.3. The number of hydrogen-bond acceptors (Lipinski definition) is 5. The molecule has 2 aromatic heterocycles. The summed E-state index contributed by atoms with van der Waals surface area (Å²) in [6.45, 7) is 7.62. The van der Waals surface area contributed by atoms with Crippen molar-refractivity contribution >= 4 is 33.3 Å². The molecule has 0 aromatic carbocycles. The summed E-state index contributed by atoms with van der Waals surface area (Å²) < 4.78 is 0. The Labute approximate surface area is 128 Å². The number of hydrogen-bond donors (Lipinski definition) is 1. The molecular weight excluding hydrogens is 284 g/mol. The summed E-state index contributed by atoms with van der Waals surface area (Å²) in [5.41, 5.74) is -0.181. The number of nitrogens with zero attached hydrogens (tertiary/aromatic N) is 3. The minimum absolute atomic E-state index is 0.0351. The molecule has 1 saturated heterocycles. The Morgan fingerprint density at radius 1 is 1.43 bits per heavy atom. The molecule has 0 spiro atoms. The van der Waals surface area contributed by atoms with Gasteiger partial charge in [-0.2, -0.15) is 0 Å². The number of anilines is 1. The summed E-state index contributed by atoms with van der Waals surface area (Å²) in [6, 6.07) is 2.05. The van der Waals surface area contributed by atoms with Gasteiger partial charge < -0.3 is 10.2 Å². The van der Waals surface area contributed by atoms with Crippen LogP contribution in [-0.4, -0.2) is 34.5 Å². The van der Waals surface area contributed by atoms with E-state index in [9.17, 15) is 4.79 Å². The minimum atomic E-state index is -0.181. The first-order valence-electron chi connectivity index (χ1n) is 7.19. The van der Waals surface area contributed by atoms with Crippen LogP contribution in [0.3, 0.4) is 0 Å². The lowest BCUT2D eigenvalue weighted by molar-refractivity contribution is -0.125. The third-order valence-electron chi connectivity index (χ3n) is 3.60. The van der Waals surface area contributed by atoms with E-state index in [4.69, 9.17) is 0 Å². The normalized spacial score (nSPS) is 19.2. The smallest absolute Gasteiger partial charge is 0.225 e. The molecule has 1 N–H and O–H groups in total. The zero-order valence-corrected chi connectivity index (χ0v) is 13.4. The van der Waals surface area contributed by atoms with Crippen molar-refractivity contribution in [3.05, 3.63) is 17.8 Å². The van der Waals surface area contributed by atoms with Crippen molar-refractivity contribution in [2.45, 2.75) is 32.7 Å². The SMILES string of the molecule is CC(C)(C)NC(=O)C1CCN(c2ncnc3sccc23)C1. The van der Waals surface area contributed by atoms with Gasteiger partial charge in [0.2, 0.25) is 5.91 Å². The molecule has 0 radical (unpaired) electrons. The average molecular weight is 304 g/mol. The second-order valence-electron chi connectivity index (χ2n) is 6.51. The second-order valence-corrected chi connectivity index (χ2v) is 7.40. The standard InChI is InChI=1S/C15H20N4OS/c1-15(2,3)18-13(20)10-4-6-19(8-10)12-11-5-7-21-14(11)17-9-16-12/h5,7,9-10H,4,6,8H2,1-3H3,(H,18,20). The van der Waals surface area contributed by atoms with E-state index in [0.717, 1.165) is 35.5 Å². The number of rotatable bonds is 2. The van der Waals surface area contributed by atoms with Gasteiger partial charge in [0.05, 0.1) is 11.3 Å². The quantitative estimate of drug-likeness (QED) is 0.926. The van der Waals surface area contributed by atoms with Gasteiger partial charge in [-0.3, -0.25) is 4.79 Å². The number of aromatic nitrogens is 2. The Bertz CT molecular complexity index is 661. The van der Waals surface area contributed by atoms with Gasteiger partial charge in [0.25, 0.3) is 0 Å². The molecular formula is C15H20N4OS. The van der Waals surface area contributed by atoms with Crippen molar-refractivity contribution in [2.24, 2.45) is 5.92 Å². The molecule has 5 nitrogen and oxygen atoms in total. The summed E-state index contributed by atoms with van der Waals surface area (Å²) in [5.74, 6) is 1.13. The van der Waals surface area contributed by atoms with Crippen molar-refractivity contribution in [1.29, 1.82) is 0 Å². The van der Waals surface area contributed by atoms with Crippen molar-refractivity contribution in [2.75, 3.05) is 18.0 Å². The Balaban J connectivity index is 1.75. The van der Waals surface area contributed by atoms with E-state index in [1.807, 2.05) is 26.2 Å². The summed E-state index contributed by atoms with van der Waals surface area (Å²) in [6.07, 6.45) is 2.48. The van der Waals surface area contributed by atoms with Crippen molar-refractivity contribution in [3.8, 4) is 0 Å². The highest BCUT2D eigenvalue weighted by Crippen LogP contribution is 2.30. The first-order chi connectivity index (χ1) is 9.94. The third-order valence-corrected chi connectivity index (χ3v) is 4.42. The zero-order chi connectivity index (χ0) is 15.0. The van der Waals surface area contributed by atoms with E-state index in [1.165, 1.54) is 0 Å². The predicted octanol–water partition coefficient (Wildman–Crippen LogP) is 2.43. The molecule has 6 heteroatoms. The van der Waals surface area contributed by atoms with Crippen LogP contribution in [0, 0.1) is 5.92 Å². The van der Waals surface area contributed by atoms with Gasteiger partial charge in [0.15, 0.2) is 0 Å². The molecule has 1 atom stereocenters. The molecule has 1 aliphatic heterocycles. The highest BCUT2D eigenvalue weighted by molar-refractivity contribution is 7.16. The molecule has 2 aromatic rings. The fourth-order valence-corrected chi connectivity index (χ4v) is 3.39. The van der Waals surface area contributed by atoms with Crippen LogP contribution in [0.2, 0.25) is 0 Å². The van der Waals surface area contributed by atoms with Gasteiger partial charge in [0, 0.05) is 18.6 Å². The molecule has 1 aliphatic rings. The number of carbonyl (C=O) groups is 1. The number of nitrogens with one attached hydrogen (secondary N) is 1. The van der Waals surface area contributed by atoms with E-state index in [0.29, 0.717) is 0 Å². The average Bonchev–Trinajstić information content (AvgIpc) is 3.05. The van der Waals surface area contributed by atoms with Gasteiger partial charge in [-0.15, -0.1) is 11.3 Å². The Morgan fingerprint density at radius 3 is 3.00 bits per heavy atom. The highest BCUT2D eigenvalue weighted by atomic mass is 32.1. The predicted molar refractivity (Wildman–Crippen MR) is 85.6 cm³/mol. The first kappa shape index (κ1) is 14.3. The summed E-state index contributed by atoms with van der Waals surface area (Å²) >= 11 is 1.62. The number of amides is 1. The van der Waals surface area contributed by atoms with Gasteiger partial charge in [-0.05, 0) is 38.6 Å². The van der Waals surface area contributed by atoms with Gasteiger partial charge in [-0.25, -0.2) is 9.97 Å². The molecule has 21 heavy (non-hydrogen) atoms. The van der Waals surface area contributed by atoms with Gasteiger partial charge in [-0.1, -0.05) is 0 Å². The van der Waals surface area contributed by atoms with Crippen LogP contribution in [0.4, 0.5) is 5.82 Å². The van der Waals surface area contributed by atoms with Gasteiger partial charge >= 0.3 is 0 Å².